The van der Waals surface area contributed by atoms with Crippen LogP contribution in [0.25, 0.3) is 0 Å². The highest BCUT2D eigenvalue weighted by atomic mass is 19.1. The smallest absolute Gasteiger partial charge is 0.311 e. The zero-order valence-corrected chi connectivity index (χ0v) is 16.3. The highest BCUT2D eigenvalue weighted by Gasteiger charge is 2.19. The maximum absolute atomic E-state index is 14.5. The Hall–Kier alpha value is -2.90. The van der Waals surface area contributed by atoms with Gasteiger partial charge in [0.15, 0.2) is 0 Å². The van der Waals surface area contributed by atoms with E-state index in [2.05, 4.69) is 15.6 Å². The number of hydrogen-bond donors (Lipinski definition) is 2. The van der Waals surface area contributed by atoms with Gasteiger partial charge in [-0.2, -0.15) is 0 Å². The molecule has 0 aliphatic heterocycles. The van der Waals surface area contributed by atoms with Gasteiger partial charge in [0.05, 0.1) is 10.6 Å². The molecule has 0 spiro atoms. The normalized spacial score (nSPS) is 11.2. The Morgan fingerprint density at radius 2 is 1.85 bits per heavy atom. The van der Waals surface area contributed by atoms with Gasteiger partial charge in [-0.15, -0.1) is 0 Å². The maximum Gasteiger partial charge on any atom is 0.311 e. The molecule has 0 atom stereocenters. The average molecular weight is 375 g/mol. The van der Waals surface area contributed by atoms with Crippen LogP contribution in [0.5, 0.6) is 0 Å². The first-order valence-electron chi connectivity index (χ1n) is 8.89. The Morgan fingerprint density at radius 1 is 1.19 bits per heavy atom. The van der Waals surface area contributed by atoms with Crippen LogP contribution in [-0.4, -0.2) is 28.5 Å². The first kappa shape index (κ1) is 20.4. The summed E-state index contributed by atoms with van der Waals surface area (Å²) >= 11 is 0. The molecule has 0 bridgehead atoms. The van der Waals surface area contributed by atoms with E-state index in [1.54, 1.807) is 18.2 Å². The number of aromatic nitrogens is 1. The average Bonchev–Trinajstić information content (AvgIpc) is 2.56. The molecule has 0 radical (unpaired) electrons. The van der Waals surface area contributed by atoms with Crippen LogP contribution >= 0.6 is 0 Å². The Labute approximate surface area is 158 Å². The number of nitro groups is 1. The molecule has 0 aliphatic rings. The molecule has 0 amide bonds. The molecule has 1 aromatic carbocycles. The van der Waals surface area contributed by atoms with E-state index in [1.165, 1.54) is 12.1 Å². The van der Waals surface area contributed by atoms with Crippen molar-refractivity contribution in [3.8, 4) is 0 Å². The number of halogens is 1. The fourth-order valence-corrected chi connectivity index (χ4v) is 2.69. The molecular formula is C19H26FN5O2. The molecule has 2 aromatic rings. The lowest BCUT2D eigenvalue weighted by Gasteiger charge is -2.22. The Balaban J connectivity index is 2.36. The van der Waals surface area contributed by atoms with Crippen LogP contribution in [0.1, 0.15) is 34.6 Å². The van der Waals surface area contributed by atoms with Crippen LogP contribution in [0.2, 0.25) is 0 Å². The molecule has 7 nitrogen and oxygen atoms in total. The number of benzene rings is 1. The summed E-state index contributed by atoms with van der Waals surface area (Å²) in [6, 6.07) is 7.60. The van der Waals surface area contributed by atoms with E-state index < -0.39 is 10.7 Å². The quantitative estimate of drug-likeness (QED) is 0.527. The summed E-state index contributed by atoms with van der Waals surface area (Å²) in [5.41, 5.74) is 0.462. The number of pyridine rings is 1. The van der Waals surface area contributed by atoms with E-state index in [4.69, 9.17) is 0 Å². The number of nitrogens with zero attached hydrogens (tertiary/aromatic N) is 3. The van der Waals surface area contributed by atoms with Crippen molar-refractivity contribution in [2.45, 2.75) is 40.2 Å². The van der Waals surface area contributed by atoms with Gasteiger partial charge in [0.2, 0.25) is 5.82 Å². The zero-order valence-electron chi connectivity index (χ0n) is 16.3. The van der Waals surface area contributed by atoms with Crippen molar-refractivity contribution in [2.75, 3.05) is 28.6 Å². The van der Waals surface area contributed by atoms with Gasteiger partial charge in [-0.3, -0.25) is 10.1 Å². The molecule has 0 fully saturated rings. The second kappa shape index (κ2) is 8.20. The largest absolute Gasteiger partial charge is 0.370 e. The van der Waals surface area contributed by atoms with E-state index in [9.17, 15) is 14.5 Å². The molecule has 0 aliphatic carbocycles. The Bertz CT molecular complexity index is 816. The van der Waals surface area contributed by atoms with Gasteiger partial charge in [0, 0.05) is 30.4 Å². The van der Waals surface area contributed by atoms with Crippen LogP contribution in [0.3, 0.4) is 0 Å². The molecular weight excluding hydrogens is 349 g/mol. The summed E-state index contributed by atoms with van der Waals surface area (Å²) in [4.78, 5) is 17.0. The van der Waals surface area contributed by atoms with Crippen molar-refractivity contribution in [2.24, 2.45) is 0 Å². The Kier molecular flexibility index (Phi) is 6.20. The van der Waals surface area contributed by atoms with Gasteiger partial charge in [0.1, 0.15) is 11.6 Å². The molecule has 1 heterocycles. The summed E-state index contributed by atoms with van der Waals surface area (Å²) in [6.45, 7) is 11.2. The first-order valence-corrected chi connectivity index (χ1v) is 8.89. The lowest BCUT2D eigenvalue weighted by Crippen LogP contribution is -2.26. The number of hydrogen-bond acceptors (Lipinski definition) is 6. The van der Waals surface area contributed by atoms with E-state index in [0.29, 0.717) is 30.3 Å². The van der Waals surface area contributed by atoms with Gasteiger partial charge in [-0.05, 0) is 58.9 Å². The van der Waals surface area contributed by atoms with E-state index in [-0.39, 0.29) is 17.0 Å². The Morgan fingerprint density at radius 3 is 2.37 bits per heavy atom. The van der Waals surface area contributed by atoms with E-state index in [1.807, 2.05) is 39.5 Å². The van der Waals surface area contributed by atoms with Crippen molar-refractivity contribution in [3.05, 3.63) is 46.3 Å². The van der Waals surface area contributed by atoms with Gasteiger partial charge in [0.25, 0.3) is 0 Å². The molecule has 2 rings (SSSR count). The van der Waals surface area contributed by atoms with Crippen molar-refractivity contribution in [3.63, 3.8) is 0 Å². The third-order valence-electron chi connectivity index (χ3n) is 3.89. The summed E-state index contributed by atoms with van der Waals surface area (Å²) in [6.07, 6.45) is 0. The van der Waals surface area contributed by atoms with Gasteiger partial charge in [-0.25, -0.2) is 9.37 Å². The second-order valence-electron chi connectivity index (χ2n) is 7.16. The van der Waals surface area contributed by atoms with Gasteiger partial charge >= 0.3 is 5.69 Å². The van der Waals surface area contributed by atoms with Gasteiger partial charge in [-0.1, -0.05) is 0 Å². The minimum absolute atomic E-state index is 0.0595. The van der Waals surface area contributed by atoms with Crippen molar-refractivity contribution in [1.82, 2.24) is 4.98 Å². The van der Waals surface area contributed by atoms with Gasteiger partial charge < -0.3 is 15.5 Å². The zero-order chi connectivity index (χ0) is 20.2. The topological polar surface area (TPSA) is 83.3 Å². The molecule has 0 unspecified atom stereocenters. The lowest BCUT2D eigenvalue weighted by atomic mass is 10.1. The standard InChI is InChI=1S/C19H26FN5O2/c1-6-24(7-2)15-9-8-13(12-14(15)20)21-18-16(25(26)27)10-11-17(22-18)23-19(3,4)5/h8-12H,6-7H2,1-5H3,(H2,21,22,23). The van der Waals surface area contributed by atoms with Crippen LogP contribution < -0.4 is 15.5 Å². The minimum atomic E-state index is -0.517. The molecule has 146 valence electrons. The molecule has 0 saturated carbocycles. The third kappa shape index (κ3) is 5.29. The second-order valence-corrected chi connectivity index (χ2v) is 7.16. The number of anilines is 4. The molecule has 1 aromatic heterocycles. The fraction of sp³-hybridized carbons (Fsp3) is 0.421. The number of rotatable bonds is 7. The monoisotopic (exact) mass is 375 g/mol. The molecule has 27 heavy (non-hydrogen) atoms. The van der Waals surface area contributed by atoms with Crippen molar-refractivity contribution >= 4 is 28.7 Å². The van der Waals surface area contributed by atoms with E-state index >= 15 is 0 Å². The first-order chi connectivity index (χ1) is 12.6. The molecule has 2 N–H and O–H groups in total. The van der Waals surface area contributed by atoms with Crippen LogP contribution in [0, 0.1) is 15.9 Å². The molecule has 8 heteroatoms. The minimum Gasteiger partial charge on any atom is -0.370 e. The van der Waals surface area contributed by atoms with Crippen LogP contribution in [-0.2, 0) is 0 Å². The maximum atomic E-state index is 14.5. The summed E-state index contributed by atoms with van der Waals surface area (Å²) in [7, 11) is 0. The van der Waals surface area contributed by atoms with E-state index in [0.717, 1.165) is 0 Å². The SMILES string of the molecule is CCN(CC)c1ccc(Nc2nc(NC(C)(C)C)ccc2[N+](=O)[O-])cc1F. The highest BCUT2D eigenvalue weighted by molar-refractivity contribution is 5.69. The molecule has 0 saturated heterocycles. The van der Waals surface area contributed by atoms with Crippen molar-refractivity contribution < 1.29 is 9.31 Å². The van der Waals surface area contributed by atoms with Crippen LogP contribution in [0.15, 0.2) is 30.3 Å². The lowest BCUT2D eigenvalue weighted by molar-refractivity contribution is -0.384. The summed E-state index contributed by atoms with van der Waals surface area (Å²) in [5.74, 6) is 0.162. The summed E-state index contributed by atoms with van der Waals surface area (Å²) < 4.78 is 14.5. The third-order valence-corrected chi connectivity index (χ3v) is 3.89. The van der Waals surface area contributed by atoms with Crippen LogP contribution in [0.4, 0.5) is 33.1 Å². The highest BCUT2D eigenvalue weighted by Crippen LogP contribution is 2.30. The summed E-state index contributed by atoms with van der Waals surface area (Å²) in [5, 5.41) is 17.4. The predicted molar refractivity (Wildman–Crippen MR) is 108 cm³/mol. The van der Waals surface area contributed by atoms with Crippen molar-refractivity contribution in [1.29, 1.82) is 0 Å². The fourth-order valence-electron chi connectivity index (χ4n) is 2.69. The predicted octanol–water partition coefficient (Wildman–Crippen LogP) is 4.93. The number of nitrogens with one attached hydrogen (secondary N) is 2.